The molecule has 0 radical (unpaired) electrons. The number of aromatic nitrogens is 2. The van der Waals surface area contributed by atoms with Gasteiger partial charge in [0.15, 0.2) is 0 Å². The Labute approximate surface area is 151 Å². The molecule has 2 aromatic rings. The maximum Gasteiger partial charge on any atom is 0.254 e. The van der Waals surface area contributed by atoms with Crippen LogP contribution in [0.3, 0.4) is 0 Å². The Morgan fingerprint density at radius 3 is 2.38 bits per heavy atom. The molecule has 0 saturated carbocycles. The van der Waals surface area contributed by atoms with Crippen LogP contribution in [0.1, 0.15) is 35.2 Å². The number of aromatic hydroxyl groups is 1. The molecule has 2 fully saturated rings. The number of aryl methyl sites for hydroxylation is 1. The normalized spacial score (nSPS) is 22.7. The number of nitrogens with zero attached hydrogens (tertiary/aromatic N) is 4. The first-order valence-electron chi connectivity index (χ1n) is 8.83. The molecule has 0 spiro atoms. The molecule has 7 nitrogen and oxygen atoms in total. The molecule has 1 aromatic carbocycles. The standard InChI is InChI=1S/C19H22N4O3/c1-12(14-8-20-21(2)9-14)18(25)22-10-16-7-15(22)11-23(16)19(26)13-3-5-17(24)6-4-13/h3-6,8-9,12,15-16,24H,7,10-11H2,1-2H3/t12?,15-,16-/m0/s1. The molecule has 4 rings (SSSR count). The summed E-state index contributed by atoms with van der Waals surface area (Å²) < 4.78 is 1.70. The maximum absolute atomic E-state index is 12.9. The number of benzene rings is 1. The number of carbonyl (C=O) groups is 2. The van der Waals surface area contributed by atoms with Crippen molar-refractivity contribution in [2.24, 2.45) is 7.05 Å². The van der Waals surface area contributed by atoms with Gasteiger partial charge in [0.05, 0.1) is 24.2 Å². The molecule has 1 aromatic heterocycles. The molecule has 2 saturated heterocycles. The topological polar surface area (TPSA) is 78.7 Å². The van der Waals surface area contributed by atoms with E-state index in [-0.39, 0.29) is 35.6 Å². The summed E-state index contributed by atoms with van der Waals surface area (Å²) >= 11 is 0. The highest BCUT2D eigenvalue weighted by atomic mass is 16.3. The summed E-state index contributed by atoms with van der Waals surface area (Å²) in [4.78, 5) is 29.4. The number of piperazine rings is 1. The first-order chi connectivity index (χ1) is 12.4. The highest BCUT2D eigenvalue weighted by Gasteiger charge is 2.47. The minimum atomic E-state index is -0.232. The van der Waals surface area contributed by atoms with Gasteiger partial charge in [-0.25, -0.2) is 0 Å². The van der Waals surface area contributed by atoms with Crippen LogP contribution in [0, 0.1) is 0 Å². The lowest BCUT2D eigenvalue weighted by atomic mass is 10.0. The van der Waals surface area contributed by atoms with Crippen molar-refractivity contribution in [3.05, 3.63) is 47.8 Å². The third-order valence-corrected chi connectivity index (χ3v) is 5.49. The molecule has 3 heterocycles. The fourth-order valence-electron chi connectivity index (χ4n) is 4.01. The van der Waals surface area contributed by atoms with Crippen LogP contribution >= 0.6 is 0 Å². The predicted molar refractivity (Wildman–Crippen MR) is 94.7 cm³/mol. The number of phenols is 1. The Hall–Kier alpha value is -2.83. The van der Waals surface area contributed by atoms with Crippen molar-refractivity contribution in [3.63, 3.8) is 0 Å². The molecule has 2 amide bonds. The lowest BCUT2D eigenvalue weighted by Gasteiger charge is -2.35. The van der Waals surface area contributed by atoms with Crippen LogP contribution in [-0.4, -0.2) is 61.7 Å². The second-order valence-corrected chi connectivity index (χ2v) is 7.21. The van der Waals surface area contributed by atoms with Crippen LogP contribution in [0.5, 0.6) is 5.75 Å². The van der Waals surface area contributed by atoms with Crippen molar-refractivity contribution in [1.29, 1.82) is 0 Å². The second-order valence-electron chi connectivity index (χ2n) is 7.21. The molecule has 0 aliphatic carbocycles. The predicted octanol–water partition coefficient (Wildman–Crippen LogP) is 1.35. The van der Waals surface area contributed by atoms with Gasteiger partial charge in [0, 0.05) is 37.5 Å². The Kier molecular flexibility index (Phi) is 3.94. The molecular formula is C19H22N4O3. The summed E-state index contributed by atoms with van der Waals surface area (Å²) in [6, 6.07) is 6.45. The lowest BCUT2D eigenvalue weighted by Crippen LogP contribution is -2.51. The number of amides is 2. The monoisotopic (exact) mass is 354 g/mol. The highest BCUT2D eigenvalue weighted by molar-refractivity contribution is 5.95. The minimum absolute atomic E-state index is 0.0371. The number of phenolic OH excluding ortho intramolecular Hbond substituents is 1. The van der Waals surface area contributed by atoms with Crippen LogP contribution < -0.4 is 0 Å². The van der Waals surface area contributed by atoms with Crippen LogP contribution in [0.25, 0.3) is 0 Å². The van der Waals surface area contributed by atoms with Crippen molar-refractivity contribution in [1.82, 2.24) is 19.6 Å². The summed E-state index contributed by atoms with van der Waals surface area (Å²) in [5, 5.41) is 13.5. The average molecular weight is 354 g/mol. The van der Waals surface area contributed by atoms with E-state index in [2.05, 4.69) is 5.10 Å². The van der Waals surface area contributed by atoms with E-state index in [9.17, 15) is 14.7 Å². The SMILES string of the molecule is CC(C(=O)N1C[C@@H]2C[C@H]1CN2C(=O)c1ccc(O)cc1)c1cnn(C)c1. The third kappa shape index (κ3) is 2.73. The van der Waals surface area contributed by atoms with Gasteiger partial charge in [0.1, 0.15) is 5.75 Å². The highest BCUT2D eigenvalue weighted by Crippen LogP contribution is 2.34. The smallest absolute Gasteiger partial charge is 0.254 e. The zero-order valence-electron chi connectivity index (χ0n) is 14.9. The van der Waals surface area contributed by atoms with Crippen molar-refractivity contribution >= 4 is 11.8 Å². The van der Waals surface area contributed by atoms with E-state index in [1.807, 2.05) is 30.0 Å². The Morgan fingerprint density at radius 1 is 1.15 bits per heavy atom. The van der Waals surface area contributed by atoms with Crippen molar-refractivity contribution in [2.75, 3.05) is 13.1 Å². The number of hydrogen-bond acceptors (Lipinski definition) is 4. The fourth-order valence-corrected chi connectivity index (χ4v) is 4.01. The largest absolute Gasteiger partial charge is 0.508 e. The zero-order chi connectivity index (χ0) is 18.4. The molecule has 1 N–H and O–H groups in total. The molecular weight excluding hydrogens is 332 g/mol. The summed E-state index contributed by atoms with van der Waals surface area (Å²) in [6.45, 7) is 3.05. The van der Waals surface area contributed by atoms with Gasteiger partial charge in [0.25, 0.3) is 5.91 Å². The molecule has 7 heteroatoms. The molecule has 2 aliphatic heterocycles. The molecule has 1 unspecified atom stereocenters. The molecule has 136 valence electrons. The lowest BCUT2D eigenvalue weighted by molar-refractivity contribution is -0.134. The first-order valence-corrected chi connectivity index (χ1v) is 8.83. The van der Waals surface area contributed by atoms with Gasteiger partial charge in [-0.3, -0.25) is 14.3 Å². The molecule has 2 bridgehead atoms. The van der Waals surface area contributed by atoms with Crippen LogP contribution in [0.15, 0.2) is 36.7 Å². The van der Waals surface area contributed by atoms with Crippen LogP contribution in [-0.2, 0) is 11.8 Å². The van der Waals surface area contributed by atoms with Gasteiger partial charge in [-0.05, 0) is 37.6 Å². The second kappa shape index (κ2) is 6.16. The quantitative estimate of drug-likeness (QED) is 0.903. The van der Waals surface area contributed by atoms with Gasteiger partial charge in [-0.2, -0.15) is 5.10 Å². The van der Waals surface area contributed by atoms with E-state index < -0.39 is 0 Å². The van der Waals surface area contributed by atoms with E-state index in [0.29, 0.717) is 18.7 Å². The van der Waals surface area contributed by atoms with Crippen LogP contribution in [0.4, 0.5) is 0 Å². The number of fused-ring (bicyclic) bond motifs is 2. The van der Waals surface area contributed by atoms with Gasteiger partial charge in [-0.15, -0.1) is 0 Å². The summed E-state index contributed by atoms with van der Waals surface area (Å²) in [7, 11) is 1.84. The van der Waals surface area contributed by atoms with Gasteiger partial charge >= 0.3 is 0 Å². The number of rotatable bonds is 3. The Bertz CT molecular complexity index is 845. The van der Waals surface area contributed by atoms with E-state index in [4.69, 9.17) is 0 Å². The Balaban J connectivity index is 1.44. The minimum Gasteiger partial charge on any atom is -0.508 e. The zero-order valence-corrected chi connectivity index (χ0v) is 14.9. The van der Waals surface area contributed by atoms with Gasteiger partial charge < -0.3 is 14.9 Å². The molecule has 2 aliphatic rings. The number of carbonyl (C=O) groups excluding carboxylic acids is 2. The summed E-state index contributed by atoms with van der Waals surface area (Å²) in [5.74, 6) is -0.0258. The van der Waals surface area contributed by atoms with Crippen LogP contribution in [0.2, 0.25) is 0 Å². The number of hydrogen-bond donors (Lipinski definition) is 1. The summed E-state index contributed by atoms with van der Waals surface area (Å²) in [6.07, 6.45) is 4.43. The van der Waals surface area contributed by atoms with Gasteiger partial charge in [-0.1, -0.05) is 0 Å². The maximum atomic E-state index is 12.9. The summed E-state index contributed by atoms with van der Waals surface area (Å²) in [5.41, 5.74) is 1.48. The van der Waals surface area contributed by atoms with E-state index in [1.165, 1.54) is 12.1 Å². The van der Waals surface area contributed by atoms with Crippen molar-refractivity contribution in [2.45, 2.75) is 31.3 Å². The van der Waals surface area contributed by atoms with Crippen molar-refractivity contribution < 1.29 is 14.7 Å². The Morgan fingerprint density at radius 2 is 1.81 bits per heavy atom. The van der Waals surface area contributed by atoms with E-state index in [0.717, 1.165) is 12.0 Å². The van der Waals surface area contributed by atoms with E-state index in [1.54, 1.807) is 23.0 Å². The van der Waals surface area contributed by atoms with E-state index >= 15 is 0 Å². The molecule has 26 heavy (non-hydrogen) atoms. The van der Waals surface area contributed by atoms with Gasteiger partial charge in [0.2, 0.25) is 5.91 Å². The first kappa shape index (κ1) is 16.6. The van der Waals surface area contributed by atoms with Crippen molar-refractivity contribution in [3.8, 4) is 5.75 Å². The molecule has 3 atom stereocenters. The average Bonchev–Trinajstić information content (AvgIpc) is 3.35. The fraction of sp³-hybridized carbons (Fsp3) is 0.421. The number of likely N-dealkylation sites (tertiary alicyclic amines) is 2. The third-order valence-electron chi connectivity index (χ3n) is 5.49.